The summed E-state index contributed by atoms with van der Waals surface area (Å²) >= 11 is 0. The maximum absolute atomic E-state index is 13.5. The van der Waals surface area contributed by atoms with Gasteiger partial charge in [-0.2, -0.15) is 0 Å². The van der Waals surface area contributed by atoms with Crippen LogP contribution in [0.4, 0.5) is 14.5 Å². The summed E-state index contributed by atoms with van der Waals surface area (Å²) in [6, 6.07) is 19.5. The number of rotatable bonds is 6. The average molecular weight is 436 g/mol. The molecule has 3 aromatic rings. The standard InChI is InChI=1S/C24H18F2N2O4/c25-17-9-11-19(12-10-17)27-23(29)22(15-5-2-1-3-6-15)31-24(30)21-14-20(28-32-21)16-7-4-8-18(26)13-16/h1-13,21-22H,14H2,(H,27,29). The fraction of sp³-hybridized carbons (Fsp3) is 0.125. The normalized spacial score (nSPS) is 15.9. The second-order valence-corrected chi connectivity index (χ2v) is 7.07. The van der Waals surface area contributed by atoms with E-state index in [0.717, 1.165) is 0 Å². The molecule has 8 heteroatoms. The summed E-state index contributed by atoms with van der Waals surface area (Å²) in [5, 5.41) is 6.47. The van der Waals surface area contributed by atoms with Crippen LogP contribution in [0.15, 0.2) is 84.0 Å². The van der Waals surface area contributed by atoms with Crippen LogP contribution in [0.25, 0.3) is 0 Å². The van der Waals surface area contributed by atoms with E-state index in [1.165, 1.54) is 42.5 Å². The zero-order valence-corrected chi connectivity index (χ0v) is 16.7. The van der Waals surface area contributed by atoms with Crippen LogP contribution >= 0.6 is 0 Å². The van der Waals surface area contributed by atoms with Crippen LogP contribution in [0.1, 0.15) is 23.7 Å². The number of oxime groups is 1. The number of carbonyl (C=O) groups is 2. The van der Waals surface area contributed by atoms with Gasteiger partial charge in [0, 0.05) is 23.2 Å². The molecule has 1 aliphatic heterocycles. The van der Waals surface area contributed by atoms with Gasteiger partial charge in [0.25, 0.3) is 5.91 Å². The molecule has 1 amide bonds. The third kappa shape index (κ3) is 4.97. The molecule has 1 heterocycles. The Labute approximate surface area is 182 Å². The molecule has 3 aromatic carbocycles. The van der Waals surface area contributed by atoms with E-state index in [0.29, 0.717) is 22.5 Å². The summed E-state index contributed by atoms with van der Waals surface area (Å²) in [4.78, 5) is 30.8. The van der Waals surface area contributed by atoms with Crippen molar-refractivity contribution < 1.29 is 27.9 Å². The van der Waals surface area contributed by atoms with Gasteiger partial charge in [0.2, 0.25) is 12.2 Å². The summed E-state index contributed by atoms with van der Waals surface area (Å²) in [6.45, 7) is 0. The Morgan fingerprint density at radius 2 is 1.72 bits per heavy atom. The zero-order valence-electron chi connectivity index (χ0n) is 16.7. The maximum Gasteiger partial charge on any atom is 0.351 e. The minimum Gasteiger partial charge on any atom is -0.444 e. The predicted molar refractivity (Wildman–Crippen MR) is 113 cm³/mol. The van der Waals surface area contributed by atoms with Crippen molar-refractivity contribution in [3.05, 3.63) is 102 Å². The number of benzene rings is 3. The molecule has 0 bridgehead atoms. The highest BCUT2D eigenvalue weighted by molar-refractivity contribution is 6.04. The van der Waals surface area contributed by atoms with E-state index >= 15 is 0 Å². The smallest absolute Gasteiger partial charge is 0.351 e. The van der Waals surface area contributed by atoms with E-state index in [4.69, 9.17) is 9.57 Å². The Kier molecular flexibility index (Phi) is 6.21. The van der Waals surface area contributed by atoms with Crippen molar-refractivity contribution in [3.8, 4) is 0 Å². The number of nitrogens with zero attached hydrogens (tertiary/aromatic N) is 1. The van der Waals surface area contributed by atoms with E-state index in [1.807, 2.05) is 0 Å². The molecule has 2 unspecified atom stereocenters. The summed E-state index contributed by atoms with van der Waals surface area (Å²) in [5.41, 5.74) is 1.69. The minimum absolute atomic E-state index is 0.0728. The maximum atomic E-state index is 13.5. The molecule has 0 saturated heterocycles. The fourth-order valence-electron chi connectivity index (χ4n) is 3.18. The number of ether oxygens (including phenoxy) is 1. The second-order valence-electron chi connectivity index (χ2n) is 7.07. The van der Waals surface area contributed by atoms with Crippen molar-refractivity contribution in [1.29, 1.82) is 0 Å². The number of halogens is 2. The van der Waals surface area contributed by atoms with E-state index in [1.54, 1.807) is 36.4 Å². The molecular formula is C24H18F2N2O4. The first-order chi connectivity index (χ1) is 15.5. The fourth-order valence-corrected chi connectivity index (χ4v) is 3.18. The predicted octanol–water partition coefficient (Wildman–Crippen LogP) is 4.38. The topological polar surface area (TPSA) is 77.0 Å². The summed E-state index contributed by atoms with van der Waals surface area (Å²) < 4.78 is 32.1. The first kappa shape index (κ1) is 21.2. The number of nitrogens with one attached hydrogen (secondary N) is 1. The number of carbonyl (C=O) groups excluding carboxylic acids is 2. The molecule has 32 heavy (non-hydrogen) atoms. The Morgan fingerprint density at radius 1 is 0.969 bits per heavy atom. The van der Waals surface area contributed by atoms with Gasteiger partial charge in [-0.05, 0) is 36.4 Å². The number of anilines is 1. The van der Waals surface area contributed by atoms with Gasteiger partial charge in [-0.15, -0.1) is 0 Å². The van der Waals surface area contributed by atoms with Crippen LogP contribution < -0.4 is 5.32 Å². The first-order valence-electron chi connectivity index (χ1n) is 9.80. The largest absolute Gasteiger partial charge is 0.444 e. The Hall–Kier alpha value is -4.07. The van der Waals surface area contributed by atoms with Gasteiger partial charge in [-0.25, -0.2) is 13.6 Å². The quantitative estimate of drug-likeness (QED) is 0.582. The highest BCUT2D eigenvalue weighted by Gasteiger charge is 2.34. The number of amides is 1. The summed E-state index contributed by atoms with van der Waals surface area (Å²) in [5.74, 6) is -2.27. The average Bonchev–Trinajstić information content (AvgIpc) is 3.30. The van der Waals surface area contributed by atoms with Crippen LogP contribution in [-0.2, 0) is 19.2 Å². The van der Waals surface area contributed by atoms with Crippen LogP contribution in [0.3, 0.4) is 0 Å². The molecule has 6 nitrogen and oxygen atoms in total. The summed E-state index contributed by atoms with van der Waals surface area (Å²) in [6.07, 6.45) is -2.27. The third-order valence-electron chi connectivity index (χ3n) is 4.78. The van der Waals surface area contributed by atoms with Crippen molar-refractivity contribution in [2.24, 2.45) is 5.16 Å². The van der Waals surface area contributed by atoms with Gasteiger partial charge in [-0.3, -0.25) is 4.79 Å². The van der Waals surface area contributed by atoms with Gasteiger partial charge in [-0.1, -0.05) is 47.6 Å². The Bertz CT molecular complexity index is 1150. The van der Waals surface area contributed by atoms with Gasteiger partial charge in [0.05, 0.1) is 5.71 Å². The van der Waals surface area contributed by atoms with Crippen molar-refractivity contribution in [2.45, 2.75) is 18.6 Å². The Balaban J connectivity index is 1.47. The zero-order chi connectivity index (χ0) is 22.5. The number of esters is 1. The molecule has 1 aliphatic rings. The lowest BCUT2D eigenvalue weighted by Crippen LogP contribution is -2.31. The molecule has 0 spiro atoms. The SMILES string of the molecule is O=C(OC(C(=O)Nc1ccc(F)cc1)c1ccccc1)C1CC(c2cccc(F)c2)=NO1. The van der Waals surface area contributed by atoms with Gasteiger partial charge < -0.3 is 14.9 Å². The molecule has 0 aliphatic carbocycles. The van der Waals surface area contributed by atoms with Gasteiger partial charge in [0.15, 0.2) is 0 Å². The highest BCUT2D eigenvalue weighted by atomic mass is 19.1. The number of hydrogen-bond donors (Lipinski definition) is 1. The van der Waals surface area contributed by atoms with Crippen molar-refractivity contribution in [2.75, 3.05) is 5.32 Å². The Morgan fingerprint density at radius 3 is 2.44 bits per heavy atom. The van der Waals surface area contributed by atoms with E-state index in [9.17, 15) is 18.4 Å². The van der Waals surface area contributed by atoms with Crippen LogP contribution in [0, 0.1) is 11.6 Å². The molecule has 0 saturated carbocycles. The molecular weight excluding hydrogens is 418 g/mol. The van der Waals surface area contributed by atoms with Gasteiger partial charge >= 0.3 is 5.97 Å². The van der Waals surface area contributed by atoms with E-state index in [2.05, 4.69) is 10.5 Å². The van der Waals surface area contributed by atoms with E-state index < -0.39 is 35.7 Å². The van der Waals surface area contributed by atoms with Crippen molar-refractivity contribution in [3.63, 3.8) is 0 Å². The number of hydrogen-bond acceptors (Lipinski definition) is 5. The van der Waals surface area contributed by atoms with Crippen molar-refractivity contribution in [1.82, 2.24) is 0 Å². The monoisotopic (exact) mass is 436 g/mol. The molecule has 162 valence electrons. The van der Waals surface area contributed by atoms with Gasteiger partial charge in [0.1, 0.15) is 11.6 Å². The molecule has 0 radical (unpaired) electrons. The molecule has 4 rings (SSSR count). The second kappa shape index (κ2) is 9.38. The molecule has 1 N–H and O–H groups in total. The highest BCUT2D eigenvalue weighted by Crippen LogP contribution is 2.24. The van der Waals surface area contributed by atoms with Crippen LogP contribution in [0.2, 0.25) is 0 Å². The lowest BCUT2D eigenvalue weighted by atomic mass is 10.0. The molecule has 0 aromatic heterocycles. The third-order valence-corrected chi connectivity index (χ3v) is 4.78. The van der Waals surface area contributed by atoms with Crippen molar-refractivity contribution >= 4 is 23.3 Å². The first-order valence-corrected chi connectivity index (χ1v) is 9.80. The lowest BCUT2D eigenvalue weighted by Gasteiger charge is -2.19. The molecule has 0 fully saturated rings. The van der Waals surface area contributed by atoms with Crippen LogP contribution in [-0.4, -0.2) is 23.7 Å². The minimum atomic E-state index is -1.27. The lowest BCUT2D eigenvalue weighted by molar-refractivity contribution is -0.164. The van der Waals surface area contributed by atoms with E-state index in [-0.39, 0.29) is 6.42 Å². The van der Waals surface area contributed by atoms with Crippen LogP contribution in [0.5, 0.6) is 0 Å². The molecule has 2 atom stereocenters. The summed E-state index contributed by atoms with van der Waals surface area (Å²) in [7, 11) is 0.